The van der Waals surface area contributed by atoms with Crippen LogP contribution in [0.25, 0.3) is 0 Å². The third-order valence-electron chi connectivity index (χ3n) is 3.43. The molecule has 0 heterocycles. The molecule has 23 heavy (non-hydrogen) atoms. The minimum atomic E-state index is -3.86. The molecule has 0 aromatic heterocycles. The van der Waals surface area contributed by atoms with Gasteiger partial charge in [-0.05, 0) is 12.8 Å². The molecule has 0 radical (unpaired) electrons. The zero-order chi connectivity index (χ0) is 17.2. The molecule has 0 saturated heterocycles. The number of hydrogen-bond donors (Lipinski definition) is 0. The van der Waals surface area contributed by atoms with E-state index in [-0.39, 0.29) is 0 Å². The van der Waals surface area contributed by atoms with Crippen LogP contribution in [0.2, 0.25) is 0 Å². The van der Waals surface area contributed by atoms with Crippen LogP contribution in [-0.4, -0.2) is 19.9 Å². The first-order valence-corrected chi connectivity index (χ1v) is 12.1. The van der Waals surface area contributed by atoms with Crippen LogP contribution in [0.4, 0.5) is 0 Å². The fourth-order valence-corrected chi connectivity index (χ4v) is 4.51. The SMILES string of the molecule is CCCCCCCCSOS(=O)(=O)OSCCCCCCCC. The van der Waals surface area contributed by atoms with E-state index in [1.165, 1.54) is 51.4 Å². The first-order valence-electron chi connectivity index (χ1n) is 8.99. The van der Waals surface area contributed by atoms with Crippen LogP contribution in [-0.2, 0) is 17.7 Å². The third-order valence-corrected chi connectivity index (χ3v) is 6.44. The second-order valence-corrected chi connectivity index (χ2v) is 8.92. The lowest BCUT2D eigenvalue weighted by Gasteiger charge is -2.04. The molecule has 0 spiro atoms. The van der Waals surface area contributed by atoms with Gasteiger partial charge in [0.25, 0.3) is 0 Å². The molecule has 0 aromatic carbocycles. The molecule has 0 aliphatic heterocycles. The summed E-state index contributed by atoms with van der Waals surface area (Å²) in [4.78, 5) is 0. The smallest absolute Gasteiger partial charge is 0.175 e. The largest absolute Gasteiger partial charge is 0.421 e. The molecular formula is C16H34O4S3. The highest BCUT2D eigenvalue weighted by atomic mass is 32.3. The summed E-state index contributed by atoms with van der Waals surface area (Å²) in [7, 11) is -3.86. The van der Waals surface area contributed by atoms with Crippen molar-refractivity contribution in [2.75, 3.05) is 11.5 Å². The van der Waals surface area contributed by atoms with Gasteiger partial charge in [-0.1, -0.05) is 78.1 Å². The van der Waals surface area contributed by atoms with Crippen LogP contribution < -0.4 is 0 Å². The average Bonchev–Trinajstić information content (AvgIpc) is 2.52. The van der Waals surface area contributed by atoms with E-state index in [1.54, 1.807) is 0 Å². The lowest BCUT2D eigenvalue weighted by Crippen LogP contribution is -2.02. The molecule has 140 valence electrons. The maximum absolute atomic E-state index is 11.5. The van der Waals surface area contributed by atoms with Gasteiger partial charge in [0.05, 0.1) is 0 Å². The van der Waals surface area contributed by atoms with Gasteiger partial charge in [0.1, 0.15) is 0 Å². The predicted octanol–water partition coefficient (Wildman–Crippen LogP) is 6.28. The van der Waals surface area contributed by atoms with Crippen molar-refractivity contribution in [1.29, 1.82) is 0 Å². The van der Waals surface area contributed by atoms with E-state index in [1.807, 2.05) is 0 Å². The Bertz CT molecular complexity index is 308. The van der Waals surface area contributed by atoms with Crippen LogP contribution in [0.1, 0.15) is 90.9 Å². The van der Waals surface area contributed by atoms with Crippen molar-refractivity contribution in [2.24, 2.45) is 0 Å². The minimum absolute atomic E-state index is 0.691. The summed E-state index contributed by atoms with van der Waals surface area (Å²) >= 11 is 1.95. The Labute approximate surface area is 152 Å². The van der Waals surface area contributed by atoms with Gasteiger partial charge in [0.15, 0.2) is 0 Å². The van der Waals surface area contributed by atoms with E-state index in [0.29, 0.717) is 11.5 Å². The van der Waals surface area contributed by atoms with Gasteiger partial charge in [-0.2, -0.15) is 15.7 Å². The van der Waals surface area contributed by atoms with Crippen molar-refractivity contribution in [1.82, 2.24) is 0 Å². The molecule has 0 unspecified atom stereocenters. The maximum Gasteiger partial charge on any atom is 0.421 e. The van der Waals surface area contributed by atoms with E-state index in [4.69, 9.17) is 7.26 Å². The van der Waals surface area contributed by atoms with Crippen LogP contribution >= 0.6 is 24.1 Å². The molecule has 0 saturated carbocycles. The zero-order valence-corrected chi connectivity index (χ0v) is 17.2. The summed E-state index contributed by atoms with van der Waals surface area (Å²) in [6.07, 6.45) is 14.2. The van der Waals surface area contributed by atoms with E-state index >= 15 is 0 Å². The van der Waals surface area contributed by atoms with Crippen LogP contribution in [0.5, 0.6) is 0 Å². The van der Waals surface area contributed by atoms with Gasteiger partial charge in [-0.3, -0.25) is 0 Å². The highest BCUT2D eigenvalue weighted by Gasteiger charge is 2.13. The van der Waals surface area contributed by atoms with Crippen molar-refractivity contribution in [3.8, 4) is 0 Å². The Morgan fingerprint density at radius 3 is 1.35 bits per heavy atom. The fourth-order valence-electron chi connectivity index (χ4n) is 2.08. The Kier molecular flexibility index (Phi) is 17.8. The van der Waals surface area contributed by atoms with Crippen LogP contribution in [0.3, 0.4) is 0 Å². The zero-order valence-electron chi connectivity index (χ0n) is 14.8. The van der Waals surface area contributed by atoms with E-state index in [2.05, 4.69) is 13.8 Å². The Morgan fingerprint density at radius 2 is 0.957 bits per heavy atom. The molecule has 0 bridgehead atoms. The highest BCUT2D eigenvalue weighted by molar-refractivity contribution is 8.08. The van der Waals surface area contributed by atoms with Crippen molar-refractivity contribution in [3.05, 3.63) is 0 Å². The third kappa shape index (κ3) is 18.7. The standard InChI is InChI=1S/C16H34O4S3/c1-3-5-7-9-11-13-15-21-19-23(17,18)20-22-16-14-12-10-8-6-4-2/h3-16H2,1-2H3. The summed E-state index contributed by atoms with van der Waals surface area (Å²) in [6.45, 7) is 4.39. The summed E-state index contributed by atoms with van der Waals surface area (Å²) in [5, 5.41) is 0. The summed E-state index contributed by atoms with van der Waals surface area (Å²) < 4.78 is 32.5. The van der Waals surface area contributed by atoms with Gasteiger partial charge < -0.3 is 0 Å². The normalized spacial score (nSPS) is 11.9. The van der Waals surface area contributed by atoms with Crippen molar-refractivity contribution >= 4 is 34.5 Å². The van der Waals surface area contributed by atoms with Crippen molar-refractivity contribution < 1.29 is 15.7 Å². The monoisotopic (exact) mass is 386 g/mol. The second kappa shape index (κ2) is 17.4. The fraction of sp³-hybridized carbons (Fsp3) is 1.00. The number of rotatable bonds is 18. The Balaban J connectivity index is 3.37. The molecule has 0 aliphatic rings. The van der Waals surface area contributed by atoms with Crippen LogP contribution in [0.15, 0.2) is 0 Å². The van der Waals surface area contributed by atoms with Gasteiger partial charge in [0, 0.05) is 35.6 Å². The van der Waals surface area contributed by atoms with E-state index in [0.717, 1.165) is 49.8 Å². The quantitative estimate of drug-likeness (QED) is 0.204. The van der Waals surface area contributed by atoms with Gasteiger partial charge >= 0.3 is 10.4 Å². The van der Waals surface area contributed by atoms with E-state index in [9.17, 15) is 8.42 Å². The highest BCUT2D eigenvalue weighted by Crippen LogP contribution is 2.19. The minimum Gasteiger partial charge on any atom is -0.175 e. The summed E-state index contributed by atoms with van der Waals surface area (Å²) in [6, 6.07) is 0. The molecule has 0 aliphatic carbocycles. The first-order chi connectivity index (χ1) is 11.1. The molecule has 7 heteroatoms. The molecule has 4 nitrogen and oxygen atoms in total. The van der Waals surface area contributed by atoms with Crippen molar-refractivity contribution in [3.63, 3.8) is 0 Å². The Hall–Kier alpha value is 0.570. The molecule has 0 fully saturated rings. The lowest BCUT2D eigenvalue weighted by atomic mass is 10.1. The predicted molar refractivity (Wildman–Crippen MR) is 103 cm³/mol. The lowest BCUT2D eigenvalue weighted by molar-refractivity contribution is 0.437. The number of hydrogen-bond acceptors (Lipinski definition) is 6. The molecule has 0 atom stereocenters. The molecule has 0 N–H and O–H groups in total. The van der Waals surface area contributed by atoms with Gasteiger partial charge in [-0.15, -0.1) is 0 Å². The maximum atomic E-state index is 11.5. The van der Waals surface area contributed by atoms with Crippen LogP contribution in [0, 0.1) is 0 Å². The Morgan fingerprint density at radius 1 is 0.609 bits per heavy atom. The second-order valence-electron chi connectivity index (χ2n) is 5.72. The van der Waals surface area contributed by atoms with Gasteiger partial charge in [-0.25, -0.2) is 0 Å². The first kappa shape index (κ1) is 23.6. The average molecular weight is 387 g/mol. The van der Waals surface area contributed by atoms with Crippen molar-refractivity contribution in [2.45, 2.75) is 90.9 Å². The molecule has 0 rings (SSSR count). The molecule has 0 amide bonds. The van der Waals surface area contributed by atoms with E-state index < -0.39 is 10.4 Å². The topological polar surface area (TPSA) is 52.6 Å². The van der Waals surface area contributed by atoms with Gasteiger partial charge in [0.2, 0.25) is 0 Å². The summed E-state index contributed by atoms with van der Waals surface area (Å²) in [5.74, 6) is 1.38. The summed E-state index contributed by atoms with van der Waals surface area (Å²) in [5.41, 5.74) is 0. The number of unbranched alkanes of at least 4 members (excludes halogenated alkanes) is 10. The molecular weight excluding hydrogens is 352 g/mol. The molecule has 0 aromatic rings.